The second-order valence-electron chi connectivity index (χ2n) is 7.11. The summed E-state index contributed by atoms with van der Waals surface area (Å²) in [5.41, 5.74) is -4.38. The SMILES string of the molecule is CC(C)(C)OC(=O)NC1=NC(C)(c2cc(C(=O)O)ccc2F)C(F)(F)CO1. The Labute approximate surface area is 153 Å². The van der Waals surface area contributed by atoms with Crippen LogP contribution >= 0.6 is 0 Å². The van der Waals surface area contributed by atoms with Crippen LogP contribution in [-0.2, 0) is 15.0 Å². The fraction of sp³-hybridized carbons (Fsp3) is 0.471. The number of halogens is 3. The number of nitrogens with one attached hydrogen (secondary N) is 1. The van der Waals surface area contributed by atoms with Crippen molar-refractivity contribution in [3.8, 4) is 0 Å². The number of hydrogen-bond donors (Lipinski definition) is 2. The smallest absolute Gasteiger partial charge is 0.415 e. The van der Waals surface area contributed by atoms with E-state index in [0.717, 1.165) is 25.1 Å². The maximum absolute atomic E-state index is 14.5. The van der Waals surface area contributed by atoms with Gasteiger partial charge in [-0.05, 0) is 45.9 Å². The van der Waals surface area contributed by atoms with Gasteiger partial charge in [-0.25, -0.2) is 24.3 Å². The second kappa shape index (κ2) is 6.75. The number of rotatable bonds is 2. The average molecular weight is 388 g/mol. The van der Waals surface area contributed by atoms with Gasteiger partial charge < -0.3 is 14.6 Å². The number of hydrogen-bond acceptors (Lipinski definition) is 5. The molecule has 0 spiro atoms. The maximum atomic E-state index is 14.5. The summed E-state index contributed by atoms with van der Waals surface area (Å²) in [4.78, 5) is 26.6. The molecule has 1 aromatic carbocycles. The summed E-state index contributed by atoms with van der Waals surface area (Å²) in [5.74, 6) is -6.15. The first-order valence-electron chi connectivity index (χ1n) is 7.89. The largest absolute Gasteiger partial charge is 0.478 e. The quantitative estimate of drug-likeness (QED) is 0.810. The number of aliphatic imine (C=N–C) groups is 1. The molecule has 10 heteroatoms. The number of ether oxygens (including phenoxy) is 2. The lowest BCUT2D eigenvalue weighted by Crippen LogP contribution is -2.53. The molecule has 7 nitrogen and oxygen atoms in total. The zero-order valence-electron chi connectivity index (χ0n) is 15.1. The van der Waals surface area contributed by atoms with Crippen LogP contribution < -0.4 is 5.32 Å². The van der Waals surface area contributed by atoms with E-state index in [-0.39, 0.29) is 5.56 Å². The normalized spacial score (nSPS) is 21.7. The van der Waals surface area contributed by atoms with E-state index in [4.69, 9.17) is 14.6 Å². The summed E-state index contributed by atoms with van der Waals surface area (Å²) in [6, 6.07) is 1.92. The van der Waals surface area contributed by atoms with E-state index in [9.17, 15) is 22.8 Å². The van der Waals surface area contributed by atoms with Gasteiger partial charge in [-0.2, -0.15) is 8.78 Å². The van der Waals surface area contributed by atoms with Crippen LogP contribution in [-0.4, -0.2) is 41.3 Å². The molecule has 1 aromatic rings. The van der Waals surface area contributed by atoms with Crippen LogP contribution in [0.2, 0.25) is 0 Å². The van der Waals surface area contributed by atoms with E-state index < -0.39 is 53.1 Å². The van der Waals surface area contributed by atoms with E-state index in [1.807, 2.05) is 0 Å². The van der Waals surface area contributed by atoms with Crippen molar-refractivity contribution in [1.82, 2.24) is 5.32 Å². The maximum Gasteiger partial charge on any atom is 0.415 e. The molecule has 1 atom stereocenters. The van der Waals surface area contributed by atoms with Gasteiger partial charge in [0.25, 0.3) is 6.02 Å². The molecule has 0 radical (unpaired) electrons. The summed E-state index contributed by atoms with van der Waals surface area (Å²) < 4.78 is 53.1. The highest BCUT2D eigenvalue weighted by Gasteiger charge is 2.56. The number of carbonyl (C=O) groups excluding carboxylic acids is 1. The summed E-state index contributed by atoms with van der Waals surface area (Å²) >= 11 is 0. The molecule has 148 valence electrons. The van der Waals surface area contributed by atoms with Gasteiger partial charge >= 0.3 is 18.0 Å². The highest BCUT2D eigenvalue weighted by atomic mass is 19.3. The molecule has 2 rings (SSSR count). The number of nitrogens with zero attached hydrogens (tertiary/aromatic N) is 1. The molecule has 0 saturated heterocycles. The Kier molecular flexibility index (Phi) is 5.13. The van der Waals surface area contributed by atoms with Crippen LogP contribution in [0, 0.1) is 5.82 Å². The average Bonchev–Trinajstić information content (AvgIpc) is 2.49. The Bertz CT molecular complexity index is 804. The predicted molar refractivity (Wildman–Crippen MR) is 88.4 cm³/mol. The number of carboxylic acid groups (broad SMARTS) is 1. The van der Waals surface area contributed by atoms with Crippen LogP contribution in [0.15, 0.2) is 23.2 Å². The number of carboxylic acids is 1. The van der Waals surface area contributed by atoms with Crippen LogP contribution in [0.4, 0.5) is 18.0 Å². The Morgan fingerprint density at radius 1 is 1.33 bits per heavy atom. The zero-order valence-corrected chi connectivity index (χ0v) is 15.1. The van der Waals surface area contributed by atoms with Crippen molar-refractivity contribution in [3.05, 3.63) is 35.1 Å². The third-order valence-corrected chi connectivity index (χ3v) is 3.77. The molecule has 1 aliphatic rings. The van der Waals surface area contributed by atoms with Crippen molar-refractivity contribution in [2.24, 2.45) is 4.99 Å². The molecular weight excluding hydrogens is 369 g/mol. The molecule has 1 unspecified atom stereocenters. The molecule has 27 heavy (non-hydrogen) atoms. The minimum Gasteiger partial charge on any atom is -0.478 e. The van der Waals surface area contributed by atoms with E-state index >= 15 is 0 Å². The van der Waals surface area contributed by atoms with Gasteiger partial charge in [0, 0.05) is 5.56 Å². The Morgan fingerprint density at radius 3 is 2.52 bits per heavy atom. The van der Waals surface area contributed by atoms with Crippen LogP contribution in [0.25, 0.3) is 0 Å². The number of benzene rings is 1. The van der Waals surface area contributed by atoms with Gasteiger partial charge in [-0.1, -0.05) is 0 Å². The number of alkyl halides is 2. The van der Waals surface area contributed by atoms with E-state index in [1.54, 1.807) is 20.8 Å². The Balaban J connectivity index is 2.46. The van der Waals surface area contributed by atoms with Gasteiger partial charge in [-0.3, -0.25) is 0 Å². The molecule has 0 saturated carbocycles. The first-order valence-corrected chi connectivity index (χ1v) is 7.89. The van der Waals surface area contributed by atoms with Crippen molar-refractivity contribution in [2.45, 2.75) is 44.8 Å². The minimum absolute atomic E-state index is 0.383. The number of alkyl carbamates (subject to hydrolysis) is 1. The molecule has 0 fully saturated rings. The number of carbonyl (C=O) groups is 2. The fourth-order valence-electron chi connectivity index (χ4n) is 2.36. The lowest BCUT2D eigenvalue weighted by Gasteiger charge is -2.38. The lowest BCUT2D eigenvalue weighted by molar-refractivity contribution is -0.118. The molecule has 2 N–H and O–H groups in total. The Hall–Kier alpha value is -2.78. The monoisotopic (exact) mass is 388 g/mol. The summed E-state index contributed by atoms with van der Waals surface area (Å²) in [7, 11) is 0. The van der Waals surface area contributed by atoms with Crippen LogP contribution in [0.5, 0.6) is 0 Å². The number of amidine groups is 1. The van der Waals surface area contributed by atoms with Crippen molar-refractivity contribution in [1.29, 1.82) is 0 Å². The molecule has 1 amide bonds. The highest BCUT2D eigenvalue weighted by Crippen LogP contribution is 2.44. The molecule has 1 aliphatic heterocycles. The standard InChI is InChI=1S/C17H19F3N2O5/c1-15(2,3)27-14(25)21-13-22-16(4,17(19,20)8-26-13)10-7-9(12(23)24)5-6-11(10)18/h5-7H,8H2,1-4H3,(H,23,24)(H,21,22,25). The minimum atomic E-state index is -3.68. The summed E-state index contributed by atoms with van der Waals surface area (Å²) in [5, 5.41) is 11.1. The molecule has 0 aromatic heterocycles. The predicted octanol–water partition coefficient (Wildman–Crippen LogP) is 3.29. The summed E-state index contributed by atoms with van der Waals surface area (Å²) in [6.07, 6.45) is -0.992. The molecule has 1 heterocycles. The van der Waals surface area contributed by atoms with Crippen molar-refractivity contribution >= 4 is 18.1 Å². The third kappa shape index (κ3) is 4.32. The Morgan fingerprint density at radius 2 is 1.96 bits per heavy atom. The van der Waals surface area contributed by atoms with Gasteiger partial charge in [-0.15, -0.1) is 0 Å². The lowest BCUT2D eigenvalue weighted by atomic mass is 9.84. The van der Waals surface area contributed by atoms with Crippen LogP contribution in [0.1, 0.15) is 43.6 Å². The summed E-state index contributed by atoms with van der Waals surface area (Å²) in [6.45, 7) is 4.52. The topological polar surface area (TPSA) is 97.2 Å². The van der Waals surface area contributed by atoms with Crippen molar-refractivity contribution < 1.29 is 37.3 Å². The number of aromatic carboxylic acids is 1. The highest BCUT2D eigenvalue weighted by molar-refractivity contribution is 5.91. The van der Waals surface area contributed by atoms with Crippen molar-refractivity contribution in [2.75, 3.05) is 6.61 Å². The fourth-order valence-corrected chi connectivity index (χ4v) is 2.36. The molecule has 0 bridgehead atoms. The van der Waals surface area contributed by atoms with E-state index in [2.05, 4.69) is 10.3 Å². The first kappa shape index (κ1) is 20.5. The number of amides is 1. The second-order valence-corrected chi connectivity index (χ2v) is 7.11. The van der Waals surface area contributed by atoms with Crippen LogP contribution in [0.3, 0.4) is 0 Å². The third-order valence-electron chi connectivity index (χ3n) is 3.77. The van der Waals surface area contributed by atoms with Crippen molar-refractivity contribution in [3.63, 3.8) is 0 Å². The van der Waals surface area contributed by atoms with Gasteiger partial charge in [0.15, 0.2) is 12.1 Å². The van der Waals surface area contributed by atoms with Gasteiger partial charge in [0.05, 0.1) is 5.56 Å². The zero-order chi connectivity index (χ0) is 20.6. The van der Waals surface area contributed by atoms with Gasteiger partial charge in [0.2, 0.25) is 0 Å². The van der Waals surface area contributed by atoms with E-state index in [1.165, 1.54) is 0 Å². The van der Waals surface area contributed by atoms with Gasteiger partial charge in [0.1, 0.15) is 11.4 Å². The molecular formula is C17H19F3N2O5. The first-order chi connectivity index (χ1) is 12.2. The molecule has 0 aliphatic carbocycles. The van der Waals surface area contributed by atoms with E-state index in [0.29, 0.717) is 0 Å².